The summed E-state index contributed by atoms with van der Waals surface area (Å²) in [6.45, 7) is 5.92. The summed E-state index contributed by atoms with van der Waals surface area (Å²) in [6.07, 6.45) is 1.97. The number of piperidine rings is 1. The van der Waals surface area contributed by atoms with Crippen molar-refractivity contribution in [3.63, 3.8) is 0 Å². The Hall–Kier alpha value is -0.650. The highest BCUT2D eigenvalue weighted by atomic mass is 32.1. The second-order valence-electron chi connectivity index (χ2n) is 5.30. The molecular formula is C13H23N3OS. The van der Waals surface area contributed by atoms with E-state index < -0.39 is 6.10 Å². The molecule has 0 amide bonds. The van der Waals surface area contributed by atoms with Gasteiger partial charge in [0.2, 0.25) is 0 Å². The summed E-state index contributed by atoms with van der Waals surface area (Å²) in [5.41, 5.74) is 0.972. The van der Waals surface area contributed by atoms with E-state index in [0.29, 0.717) is 6.04 Å². The van der Waals surface area contributed by atoms with Crippen LogP contribution in [0.1, 0.15) is 36.4 Å². The average Bonchev–Trinajstić information content (AvgIpc) is 2.71. The number of aliphatic hydroxyl groups is 1. The Balaban J connectivity index is 2.03. The van der Waals surface area contributed by atoms with Gasteiger partial charge in [-0.25, -0.2) is 4.98 Å². The molecule has 1 aliphatic rings. The van der Waals surface area contributed by atoms with Gasteiger partial charge in [0.15, 0.2) is 5.13 Å². The summed E-state index contributed by atoms with van der Waals surface area (Å²) in [7, 11) is 4.30. The van der Waals surface area contributed by atoms with Gasteiger partial charge < -0.3 is 14.9 Å². The molecule has 2 rings (SSSR count). The summed E-state index contributed by atoms with van der Waals surface area (Å²) in [5.74, 6) is 0. The molecule has 0 spiro atoms. The van der Waals surface area contributed by atoms with E-state index in [1.54, 1.807) is 11.3 Å². The van der Waals surface area contributed by atoms with Gasteiger partial charge in [-0.2, -0.15) is 0 Å². The number of hydrogen-bond acceptors (Lipinski definition) is 5. The number of hydrogen-bond donors (Lipinski definition) is 1. The van der Waals surface area contributed by atoms with Crippen molar-refractivity contribution in [1.82, 2.24) is 9.88 Å². The fourth-order valence-electron chi connectivity index (χ4n) is 2.49. The molecule has 4 nitrogen and oxygen atoms in total. The first-order valence-electron chi connectivity index (χ1n) is 6.55. The highest BCUT2D eigenvalue weighted by Crippen LogP contribution is 2.32. The van der Waals surface area contributed by atoms with Crippen LogP contribution in [-0.4, -0.2) is 48.2 Å². The van der Waals surface area contributed by atoms with E-state index in [1.807, 2.05) is 13.8 Å². The average molecular weight is 269 g/mol. The number of aryl methyl sites for hydroxylation is 1. The molecule has 1 N–H and O–H groups in total. The lowest BCUT2D eigenvalue weighted by molar-refractivity contribution is 0.202. The van der Waals surface area contributed by atoms with Crippen LogP contribution >= 0.6 is 11.3 Å². The van der Waals surface area contributed by atoms with Crippen LogP contribution in [-0.2, 0) is 0 Å². The van der Waals surface area contributed by atoms with Crippen LogP contribution < -0.4 is 4.90 Å². The molecule has 0 bridgehead atoms. The molecule has 0 radical (unpaired) electrons. The highest BCUT2D eigenvalue weighted by Gasteiger charge is 2.23. The van der Waals surface area contributed by atoms with E-state index in [9.17, 15) is 5.11 Å². The molecule has 0 aromatic carbocycles. The first-order chi connectivity index (χ1) is 8.49. The normalized spacial score (nSPS) is 19.6. The third-order valence-corrected chi connectivity index (χ3v) is 5.05. The van der Waals surface area contributed by atoms with E-state index in [1.165, 1.54) is 12.8 Å². The number of nitrogens with zero attached hydrogens (tertiary/aromatic N) is 3. The molecule has 1 aliphatic heterocycles. The van der Waals surface area contributed by atoms with Crippen molar-refractivity contribution in [3.8, 4) is 0 Å². The molecule has 1 unspecified atom stereocenters. The van der Waals surface area contributed by atoms with Crippen molar-refractivity contribution < 1.29 is 5.11 Å². The van der Waals surface area contributed by atoms with E-state index in [4.69, 9.17) is 0 Å². The Morgan fingerprint density at radius 2 is 2.00 bits per heavy atom. The zero-order chi connectivity index (χ0) is 13.3. The van der Waals surface area contributed by atoms with Crippen LogP contribution in [0.25, 0.3) is 0 Å². The van der Waals surface area contributed by atoms with E-state index >= 15 is 0 Å². The lowest BCUT2D eigenvalue weighted by atomic mass is 10.0. The Morgan fingerprint density at radius 1 is 1.39 bits per heavy atom. The molecule has 102 valence electrons. The van der Waals surface area contributed by atoms with Crippen molar-refractivity contribution in [2.24, 2.45) is 0 Å². The van der Waals surface area contributed by atoms with Crippen molar-refractivity contribution in [2.75, 3.05) is 32.1 Å². The molecule has 0 saturated carbocycles. The van der Waals surface area contributed by atoms with Crippen molar-refractivity contribution in [3.05, 3.63) is 10.6 Å². The third kappa shape index (κ3) is 2.84. The van der Waals surface area contributed by atoms with E-state index in [-0.39, 0.29) is 0 Å². The number of anilines is 1. The monoisotopic (exact) mass is 269 g/mol. The molecular weight excluding hydrogens is 246 g/mol. The van der Waals surface area contributed by atoms with Gasteiger partial charge in [0.1, 0.15) is 0 Å². The first kappa shape index (κ1) is 13.8. The van der Waals surface area contributed by atoms with Gasteiger partial charge >= 0.3 is 0 Å². The van der Waals surface area contributed by atoms with Crippen LogP contribution in [0, 0.1) is 6.92 Å². The lowest BCUT2D eigenvalue weighted by Gasteiger charge is -2.35. The van der Waals surface area contributed by atoms with Crippen molar-refractivity contribution in [2.45, 2.75) is 38.8 Å². The summed E-state index contributed by atoms with van der Waals surface area (Å²) < 4.78 is 0. The maximum absolute atomic E-state index is 9.68. The summed E-state index contributed by atoms with van der Waals surface area (Å²) >= 11 is 1.63. The van der Waals surface area contributed by atoms with Gasteiger partial charge in [-0.3, -0.25) is 0 Å². The number of thiazole rings is 1. The molecule has 1 aromatic heterocycles. The van der Waals surface area contributed by atoms with Crippen molar-refractivity contribution in [1.29, 1.82) is 0 Å². The maximum Gasteiger partial charge on any atom is 0.185 e. The predicted octanol–water partition coefficient (Wildman–Crippen LogP) is 2.04. The third-order valence-electron chi connectivity index (χ3n) is 3.67. The van der Waals surface area contributed by atoms with Crippen LogP contribution in [0.3, 0.4) is 0 Å². The zero-order valence-electron chi connectivity index (χ0n) is 11.7. The van der Waals surface area contributed by atoms with Gasteiger partial charge in [-0.15, -0.1) is 0 Å². The largest absolute Gasteiger partial charge is 0.388 e. The SMILES string of the molecule is Cc1nc(N2CCC(N(C)C)CC2)sc1C(C)O. The summed E-state index contributed by atoms with van der Waals surface area (Å²) in [5, 5.41) is 10.7. The van der Waals surface area contributed by atoms with Gasteiger partial charge in [-0.1, -0.05) is 11.3 Å². The van der Waals surface area contributed by atoms with Crippen molar-refractivity contribution >= 4 is 16.5 Å². The maximum atomic E-state index is 9.68. The Labute approximate surface area is 113 Å². The van der Waals surface area contributed by atoms with Gasteiger partial charge in [-0.05, 0) is 40.8 Å². The van der Waals surface area contributed by atoms with Crippen LogP contribution in [0.4, 0.5) is 5.13 Å². The quantitative estimate of drug-likeness (QED) is 0.911. The molecule has 1 saturated heterocycles. The van der Waals surface area contributed by atoms with E-state index in [0.717, 1.165) is 28.8 Å². The van der Waals surface area contributed by atoms with E-state index in [2.05, 4.69) is 28.9 Å². The molecule has 1 atom stereocenters. The van der Waals surface area contributed by atoms with Gasteiger partial charge in [0.25, 0.3) is 0 Å². The van der Waals surface area contributed by atoms with Crippen LogP contribution in [0.5, 0.6) is 0 Å². The number of aromatic nitrogens is 1. The number of rotatable bonds is 3. The minimum absolute atomic E-state index is 0.407. The smallest absolute Gasteiger partial charge is 0.185 e. The Kier molecular flexibility index (Phi) is 4.25. The highest BCUT2D eigenvalue weighted by molar-refractivity contribution is 7.15. The lowest BCUT2D eigenvalue weighted by Crippen LogP contribution is -2.41. The molecule has 5 heteroatoms. The second-order valence-corrected chi connectivity index (χ2v) is 6.31. The summed E-state index contributed by atoms with van der Waals surface area (Å²) in [4.78, 5) is 10.3. The summed E-state index contributed by atoms with van der Waals surface area (Å²) in [6, 6.07) is 0.693. The first-order valence-corrected chi connectivity index (χ1v) is 7.37. The minimum atomic E-state index is -0.407. The predicted molar refractivity (Wildman–Crippen MR) is 76.4 cm³/mol. The molecule has 18 heavy (non-hydrogen) atoms. The standard InChI is InChI=1S/C13H23N3OS/c1-9-12(10(2)17)18-13(14-9)16-7-5-11(6-8-16)15(3)4/h10-11,17H,5-8H2,1-4H3. The molecule has 2 heterocycles. The zero-order valence-corrected chi connectivity index (χ0v) is 12.5. The molecule has 1 fully saturated rings. The molecule has 1 aromatic rings. The number of aliphatic hydroxyl groups excluding tert-OH is 1. The minimum Gasteiger partial charge on any atom is -0.388 e. The van der Waals surface area contributed by atoms with Crippen LogP contribution in [0.2, 0.25) is 0 Å². The van der Waals surface area contributed by atoms with Gasteiger partial charge in [0, 0.05) is 19.1 Å². The second kappa shape index (κ2) is 5.55. The fraction of sp³-hybridized carbons (Fsp3) is 0.769. The Morgan fingerprint density at radius 3 is 2.44 bits per heavy atom. The topological polar surface area (TPSA) is 39.6 Å². The van der Waals surface area contributed by atoms with Gasteiger partial charge in [0.05, 0.1) is 16.7 Å². The van der Waals surface area contributed by atoms with Crippen LogP contribution in [0.15, 0.2) is 0 Å². The molecule has 0 aliphatic carbocycles. The Bertz CT molecular complexity index is 395. The fourth-order valence-corrected chi connectivity index (χ4v) is 3.54.